The molecule has 246 valence electrons. The van der Waals surface area contributed by atoms with Crippen LogP contribution in [-0.2, 0) is 25.4 Å². The first-order valence-corrected chi connectivity index (χ1v) is 16.0. The summed E-state index contributed by atoms with van der Waals surface area (Å²) in [4.78, 5) is 12.6. The Bertz CT molecular complexity index is 1370. The molecule has 3 aliphatic rings. The van der Waals surface area contributed by atoms with E-state index in [-0.39, 0.29) is 36.3 Å². The number of methoxy groups -OCH3 is 2. The summed E-state index contributed by atoms with van der Waals surface area (Å²) < 4.78 is 42.3. The molecule has 2 saturated heterocycles. The van der Waals surface area contributed by atoms with E-state index >= 15 is 0 Å². The molecule has 5 rings (SSSR count). The van der Waals surface area contributed by atoms with Crippen LogP contribution in [0, 0.1) is 18.8 Å². The highest BCUT2D eigenvalue weighted by Gasteiger charge is 2.56. The van der Waals surface area contributed by atoms with Gasteiger partial charge in [0.05, 0.1) is 26.9 Å². The van der Waals surface area contributed by atoms with Crippen molar-refractivity contribution in [3.05, 3.63) is 64.7 Å². The lowest BCUT2D eigenvalue weighted by Gasteiger charge is -2.41. The zero-order chi connectivity index (χ0) is 32.5. The summed E-state index contributed by atoms with van der Waals surface area (Å²) in [6.07, 6.45) is 0.330. The molecule has 0 spiro atoms. The number of aliphatic hydroxyl groups is 1. The van der Waals surface area contributed by atoms with Gasteiger partial charge in [-0.05, 0) is 68.2 Å². The van der Waals surface area contributed by atoms with Crippen molar-refractivity contribution in [2.75, 3.05) is 20.8 Å². The Morgan fingerprint density at radius 1 is 1.09 bits per heavy atom. The first kappa shape index (κ1) is 33.1. The van der Waals surface area contributed by atoms with Crippen molar-refractivity contribution in [3.63, 3.8) is 0 Å². The molecule has 0 saturated carbocycles. The Hall–Kier alpha value is -3.27. The van der Waals surface area contributed by atoms with E-state index in [1.165, 1.54) is 0 Å². The van der Waals surface area contributed by atoms with E-state index in [0.717, 1.165) is 28.2 Å². The molecule has 0 unspecified atom stereocenters. The third kappa shape index (κ3) is 6.67. The van der Waals surface area contributed by atoms with Crippen molar-refractivity contribution in [2.24, 2.45) is 11.8 Å². The van der Waals surface area contributed by atoms with Crippen LogP contribution in [0.4, 0.5) is 4.79 Å². The summed E-state index contributed by atoms with van der Waals surface area (Å²) in [5, 5.41) is 11.6. The molecule has 2 aromatic rings. The fourth-order valence-electron chi connectivity index (χ4n) is 7.06. The van der Waals surface area contributed by atoms with Crippen LogP contribution in [-0.4, -0.2) is 68.4 Å². The summed E-state index contributed by atoms with van der Waals surface area (Å²) in [5.41, 5.74) is 2.27. The summed E-state index contributed by atoms with van der Waals surface area (Å²) in [6, 6.07) is 11.9. The monoisotopic (exact) mass is 624 g/mol. The van der Waals surface area contributed by atoms with Crippen molar-refractivity contribution in [1.29, 1.82) is 0 Å². The van der Waals surface area contributed by atoms with Crippen LogP contribution in [0.3, 0.4) is 0 Å². The van der Waals surface area contributed by atoms with Gasteiger partial charge in [0.25, 0.3) is 0 Å². The average molecular weight is 625 g/mol. The maximum Gasteiger partial charge on any atom is 0.509 e. The second-order valence-corrected chi connectivity index (χ2v) is 12.9. The molecule has 2 fully saturated rings. The lowest BCUT2D eigenvalue weighted by atomic mass is 9.77. The molecule has 2 bridgehead atoms. The Kier molecular flexibility index (Phi) is 10.0. The van der Waals surface area contributed by atoms with Crippen molar-refractivity contribution in [3.8, 4) is 17.2 Å². The van der Waals surface area contributed by atoms with Gasteiger partial charge in [0, 0.05) is 36.2 Å². The number of ether oxygens (including phenoxy) is 7. The van der Waals surface area contributed by atoms with E-state index in [9.17, 15) is 9.90 Å². The van der Waals surface area contributed by atoms with E-state index in [4.69, 9.17) is 33.2 Å². The standard InChI is InChI=1S/C36H48O9/c1-9-26-27-18-29(21(3)16-30(27)40-8)42-28(15-10-20(2)33(37)36(6)34(26)44-35(38)45-36)23(5)32-22(4)19-41-31(43-32)17-24-11-13-25(39-7)14-12-24/h10-14,16,18,22-23,26,28,31-34,37H,9,15,17,19H2,1-8H3/b20-10-/t22-,23-,26+,28-,31-,32-,33-,34-,36+/m1/s1. The molecule has 3 aliphatic heterocycles. The van der Waals surface area contributed by atoms with Gasteiger partial charge in [0.2, 0.25) is 0 Å². The molecule has 2 aromatic carbocycles. The molecule has 0 aliphatic carbocycles. The highest BCUT2D eigenvalue weighted by atomic mass is 16.8. The second kappa shape index (κ2) is 13.6. The second-order valence-electron chi connectivity index (χ2n) is 12.9. The number of hydrogen-bond acceptors (Lipinski definition) is 9. The highest BCUT2D eigenvalue weighted by molar-refractivity contribution is 5.64. The average Bonchev–Trinajstić information content (AvgIpc) is 3.34. The van der Waals surface area contributed by atoms with E-state index in [2.05, 4.69) is 13.8 Å². The van der Waals surface area contributed by atoms with Gasteiger partial charge in [-0.25, -0.2) is 4.79 Å². The van der Waals surface area contributed by atoms with Crippen LogP contribution in [0.25, 0.3) is 0 Å². The highest BCUT2D eigenvalue weighted by Crippen LogP contribution is 2.46. The van der Waals surface area contributed by atoms with Gasteiger partial charge in [0.15, 0.2) is 18.0 Å². The number of fused-ring (bicyclic) bond motifs is 3. The van der Waals surface area contributed by atoms with Gasteiger partial charge in [0.1, 0.15) is 29.5 Å². The summed E-state index contributed by atoms with van der Waals surface area (Å²) in [5.74, 6) is 2.00. The first-order valence-electron chi connectivity index (χ1n) is 16.0. The molecule has 0 amide bonds. The molecule has 3 heterocycles. The maximum atomic E-state index is 12.6. The van der Waals surface area contributed by atoms with Gasteiger partial charge >= 0.3 is 6.16 Å². The van der Waals surface area contributed by atoms with Crippen LogP contribution in [0.15, 0.2) is 48.0 Å². The number of carbonyl (C=O) groups excluding carboxylic acids is 1. The zero-order valence-corrected chi connectivity index (χ0v) is 27.7. The molecule has 45 heavy (non-hydrogen) atoms. The largest absolute Gasteiger partial charge is 0.509 e. The lowest BCUT2D eigenvalue weighted by molar-refractivity contribution is -0.248. The first-order chi connectivity index (χ1) is 21.5. The Morgan fingerprint density at radius 3 is 2.49 bits per heavy atom. The number of hydrogen-bond donors (Lipinski definition) is 1. The van der Waals surface area contributed by atoms with Gasteiger partial charge in [-0.15, -0.1) is 0 Å². The number of aliphatic hydroxyl groups excluding tert-OH is 1. The fraction of sp³-hybridized carbons (Fsp3) is 0.583. The third-order valence-corrected chi connectivity index (χ3v) is 9.83. The minimum atomic E-state index is -1.29. The molecule has 0 aromatic heterocycles. The molecule has 9 heteroatoms. The molecule has 0 radical (unpaired) electrons. The third-order valence-electron chi connectivity index (χ3n) is 9.83. The van der Waals surface area contributed by atoms with Gasteiger partial charge in [-0.1, -0.05) is 39.0 Å². The summed E-state index contributed by atoms with van der Waals surface area (Å²) in [7, 11) is 3.28. The minimum Gasteiger partial charge on any atom is -0.497 e. The van der Waals surface area contributed by atoms with E-state index in [0.29, 0.717) is 37.2 Å². The van der Waals surface area contributed by atoms with Crippen molar-refractivity contribution < 1.29 is 43.1 Å². The van der Waals surface area contributed by atoms with Crippen LogP contribution < -0.4 is 14.2 Å². The SMILES string of the molecule is CC[C@H]1c2cc(c(C)cc2OC)O[C@@H]([C@@H](C)[C@@H]2O[C@H](Cc3ccc(OC)cc3)OC[C@H]2C)C/C=C(/C)[C@@H](O)[C@]2(C)OC(=O)O[C@H]12. The zero-order valence-electron chi connectivity index (χ0n) is 27.7. The van der Waals surface area contributed by atoms with Crippen LogP contribution in [0.5, 0.6) is 17.2 Å². The number of benzene rings is 2. The van der Waals surface area contributed by atoms with E-state index in [1.54, 1.807) is 21.1 Å². The predicted octanol–water partition coefficient (Wildman–Crippen LogP) is 6.51. The summed E-state index contributed by atoms with van der Waals surface area (Å²) in [6.45, 7) is 12.5. The normalized spacial score (nSPS) is 33.6. The van der Waals surface area contributed by atoms with Gasteiger partial charge < -0.3 is 38.3 Å². The lowest BCUT2D eigenvalue weighted by Crippen LogP contribution is -2.51. The molecular formula is C36H48O9. The summed E-state index contributed by atoms with van der Waals surface area (Å²) >= 11 is 0. The molecule has 1 N–H and O–H groups in total. The van der Waals surface area contributed by atoms with Gasteiger partial charge in [-0.3, -0.25) is 0 Å². The quantitative estimate of drug-likeness (QED) is 0.273. The van der Waals surface area contributed by atoms with Crippen molar-refractivity contribution in [1.82, 2.24) is 0 Å². The topological polar surface area (TPSA) is 102 Å². The predicted molar refractivity (Wildman–Crippen MR) is 169 cm³/mol. The fourth-order valence-corrected chi connectivity index (χ4v) is 7.06. The van der Waals surface area contributed by atoms with Crippen molar-refractivity contribution in [2.45, 2.75) is 103 Å². The number of aryl methyl sites for hydroxylation is 1. The van der Waals surface area contributed by atoms with Crippen LogP contribution in [0.1, 0.15) is 70.1 Å². The van der Waals surface area contributed by atoms with E-state index < -0.39 is 24.0 Å². The van der Waals surface area contributed by atoms with Gasteiger partial charge in [-0.2, -0.15) is 0 Å². The van der Waals surface area contributed by atoms with E-state index in [1.807, 2.05) is 63.2 Å². The Labute approximate surface area is 266 Å². The smallest absolute Gasteiger partial charge is 0.497 e. The van der Waals surface area contributed by atoms with Crippen molar-refractivity contribution >= 4 is 6.16 Å². The molecule has 9 atom stereocenters. The van der Waals surface area contributed by atoms with Crippen LogP contribution >= 0.6 is 0 Å². The molecule has 9 nitrogen and oxygen atoms in total. The minimum absolute atomic E-state index is 0.0331. The Morgan fingerprint density at radius 2 is 1.82 bits per heavy atom. The Balaban J connectivity index is 1.49. The maximum absolute atomic E-state index is 12.6. The molecular weight excluding hydrogens is 576 g/mol. The van der Waals surface area contributed by atoms with Crippen LogP contribution in [0.2, 0.25) is 0 Å². The number of carbonyl (C=O) groups is 1. The number of rotatable bonds is 7.